The summed E-state index contributed by atoms with van der Waals surface area (Å²) in [5, 5.41) is 18.1. The van der Waals surface area contributed by atoms with Crippen molar-refractivity contribution in [2.24, 2.45) is 5.10 Å². The lowest BCUT2D eigenvalue weighted by Crippen LogP contribution is -2.49. The number of fused-ring (bicyclic) bond motifs is 1. The van der Waals surface area contributed by atoms with E-state index in [1.54, 1.807) is 18.4 Å². The van der Waals surface area contributed by atoms with Gasteiger partial charge in [0, 0.05) is 55.8 Å². The van der Waals surface area contributed by atoms with Crippen LogP contribution in [0.1, 0.15) is 24.0 Å². The SMILES string of the molecule is O=C(CN1CCN(c2ccc([N+](=O)[O-])cc2)CC1)N1N=C(c2cc3ccccc3o2)CC1c1ccco1. The number of piperazine rings is 1. The Hall–Kier alpha value is -4.44. The molecule has 10 nitrogen and oxygen atoms in total. The first-order valence-electron chi connectivity index (χ1n) is 12.2. The van der Waals surface area contributed by atoms with Crippen molar-refractivity contribution < 1.29 is 18.6 Å². The highest BCUT2D eigenvalue weighted by Crippen LogP contribution is 2.34. The minimum Gasteiger partial charge on any atom is -0.467 e. The molecule has 0 saturated carbocycles. The van der Waals surface area contributed by atoms with Gasteiger partial charge in [-0.3, -0.25) is 19.8 Å². The van der Waals surface area contributed by atoms with Crippen LogP contribution in [-0.4, -0.2) is 59.2 Å². The van der Waals surface area contributed by atoms with Crippen LogP contribution in [0.25, 0.3) is 11.0 Å². The van der Waals surface area contributed by atoms with Gasteiger partial charge in [-0.1, -0.05) is 18.2 Å². The van der Waals surface area contributed by atoms with Gasteiger partial charge in [-0.05, 0) is 36.4 Å². The number of nitro benzene ring substituents is 1. The van der Waals surface area contributed by atoms with Crippen molar-refractivity contribution in [1.82, 2.24) is 9.91 Å². The summed E-state index contributed by atoms with van der Waals surface area (Å²) in [6.45, 7) is 3.08. The van der Waals surface area contributed by atoms with Crippen LogP contribution in [0.3, 0.4) is 0 Å². The predicted molar refractivity (Wildman–Crippen MR) is 137 cm³/mol. The maximum Gasteiger partial charge on any atom is 0.269 e. The number of furan rings is 2. The molecule has 6 rings (SSSR count). The standard InChI is InChI=1S/C27H25N5O5/c33-27(18-29-11-13-30(14-12-29)20-7-9-21(10-8-20)32(34)35)31-23(25-6-3-15-36-25)17-22(28-31)26-16-19-4-1-2-5-24(19)37-26/h1-10,15-16,23H,11-14,17-18H2. The molecule has 2 aliphatic heterocycles. The van der Waals surface area contributed by atoms with Crippen molar-refractivity contribution in [2.45, 2.75) is 12.5 Å². The van der Waals surface area contributed by atoms with Crippen LogP contribution >= 0.6 is 0 Å². The summed E-state index contributed by atoms with van der Waals surface area (Å²) in [5.41, 5.74) is 2.51. The summed E-state index contributed by atoms with van der Waals surface area (Å²) in [7, 11) is 0. The average molecular weight is 500 g/mol. The monoisotopic (exact) mass is 499 g/mol. The van der Waals surface area contributed by atoms with Crippen LogP contribution in [0.15, 0.2) is 86.9 Å². The van der Waals surface area contributed by atoms with Crippen LogP contribution in [0.2, 0.25) is 0 Å². The molecule has 4 heterocycles. The van der Waals surface area contributed by atoms with Crippen molar-refractivity contribution in [1.29, 1.82) is 0 Å². The highest BCUT2D eigenvalue weighted by Gasteiger charge is 2.36. The zero-order valence-corrected chi connectivity index (χ0v) is 20.0. The topological polar surface area (TPSA) is 109 Å². The molecule has 0 aliphatic carbocycles. The molecule has 0 N–H and O–H groups in total. The number of hydrazone groups is 1. The van der Waals surface area contributed by atoms with Gasteiger partial charge in [-0.2, -0.15) is 5.10 Å². The van der Waals surface area contributed by atoms with E-state index in [1.807, 2.05) is 42.5 Å². The lowest BCUT2D eigenvalue weighted by atomic mass is 10.1. The molecular formula is C27H25N5O5. The number of carbonyl (C=O) groups excluding carboxylic acids is 1. The smallest absolute Gasteiger partial charge is 0.269 e. The van der Waals surface area contributed by atoms with E-state index in [0.29, 0.717) is 36.7 Å². The molecule has 37 heavy (non-hydrogen) atoms. The van der Waals surface area contributed by atoms with Crippen LogP contribution in [0, 0.1) is 10.1 Å². The van der Waals surface area contributed by atoms with E-state index in [9.17, 15) is 14.9 Å². The predicted octanol–water partition coefficient (Wildman–Crippen LogP) is 4.43. The average Bonchev–Trinajstić information content (AvgIpc) is 3.68. The Bertz CT molecular complexity index is 1420. The number of nitro groups is 1. The number of carbonyl (C=O) groups is 1. The van der Waals surface area contributed by atoms with Crippen LogP contribution in [-0.2, 0) is 4.79 Å². The van der Waals surface area contributed by atoms with Gasteiger partial charge < -0.3 is 13.7 Å². The zero-order valence-electron chi connectivity index (χ0n) is 20.0. The maximum absolute atomic E-state index is 13.4. The van der Waals surface area contributed by atoms with Crippen molar-refractivity contribution in [3.8, 4) is 0 Å². The summed E-state index contributed by atoms with van der Waals surface area (Å²) < 4.78 is 11.7. The fraction of sp³-hybridized carbons (Fsp3) is 0.259. The van der Waals surface area contributed by atoms with Gasteiger partial charge in [0.1, 0.15) is 23.1 Å². The Morgan fingerprint density at radius 1 is 1.03 bits per heavy atom. The van der Waals surface area contributed by atoms with Gasteiger partial charge in [0.05, 0.1) is 17.7 Å². The molecule has 0 bridgehead atoms. The first kappa shape index (κ1) is 23.0. The summed E-state index contributed by atoms with van der Waals surface area (Å²) in [4.78, 5) is 28.2. The van der Waals surface area contributed by atoms with Gasteiger partial charge >= 0.3 is 0 Å². The van der Waals surface area contributed by atoms with E-state index in [0.717, 1.165) is 29.7 Å². The Kier molecular flexibility index (Phi) is 5.93. The van der Waals surface area contributed by atoms with E-state index in [-0.39, 0.29) is 24.2 Å². The lowest BCUT2D eigenvalue weighted by Gasteiger charge is -2.36. The van der Waals surface area contributed by atoms with E-state index in [2.05, 4.69) is 9.80 Å². The largest absolute Gasteiger partial charge is 0.467 e. The first-order chi connectivity index (χ1) is 18.0. The number of benzene rings is 2. The highest BCUT2D eigenvalue weighted by molar-refractivity contribution is 6.03. The molecule has 10 heteroatoms. The molecule has 2 aromatic heterocycles. The molecule has 1 saturated heterocycles. The van der Waals surface area contributed by atoms with Gasteiger partial charge in [-0.15, -0.1) is 0 Å². The first-order valence-corrected chi connectivity index (χ1v) is 12.2. The minimum absolute atomic E-state index is 0.0762. The quantitative estimate of drug-likeness (QED) is 0.285. The van der Waals surface area contributed by atoms with Gasteiger partial charge in [-0.25, -0.2) is 5.01 Å². The molecule has 4 aromatic rings. The van der Waals surface area contributed by atoms with Gasteiger partial charge in [0.2, 0.25) is 0 Å². The second kappa shape index (κ2) is 9.55. The minimum atomic E-state index is -0.399. The Morgan fingerprint density at radius 3 is 2.51 bits per heavy atom. The summed E-state index contributed by atoms with van der Waals surface area (Å²) >= 11 is 0. The Balaban J connectivity index is 1.14. The van der Waals surface area contributed by atoms with Gasteiger partial charge in [0.25, 0.3) is 11.6 Å². The van der Waals surface area contributed by atoms with Crippen molar-refractivity contribution in [3.05, 3.63) is 94.6 Å². The fourth-order valence-corrected chi connectivity index (χ4v) is 4.93. The third kappa shape index (κ3) is 4.58. The second-order valence-corrected chi connectivity index (χ2v) is 9.21. The molecule has 188 valence electrons. The molecule has 2 aliphatic rings. The number of rotatable bonds is 6. The second-order valence-electron chi connectivity index (χ2n) is 9.21. The summed E-state index contributed by atoms with van der Waals surface area (Å²) in [5.74, 6) is 1.24. The molecule has 1 unspecified atom stereocenters. The summed E-state index contributed by atoms with van der Waals surface area (Å²) in [6.07, 6.45) is 2.11. The molecule has 1 atom stereocenters. The molecule has 0 radical (unpaired) electrons. The number of non-ortho nitro benzene ring substituents is 1. The van der Waals surface area contributed by atoms with Crippen LogP contribution < -0.4 is 4.90 Å². The number of hydrogen-bond donors (Lipinski definition) is 0. The van der Waals surface area contributed by atoms with Crippen molar-refractivity contribution in [3.63, 3.8) is 0 Å². The number of nitrogens with zero attached hydrogens (tertiary/aromatic N) is 5. The molecule has 0 spiro atoms. The van der Waals surface area contributed by atoms with E-state index >= 15 is 0 Å². The number of hydrogen-bond acceptors (Lipinski definition) is 8. The van der Waals surface area contributed by atoms with Crippen LogP contribution in [0.5, 0.6) is 0 Å². The van der Waals surface area contributed by atoms with Crippen molar-refractivity contribution >= 4 is 34.0 Å². The lowest BCUT2D eigenvalue weighted by molar-refractivity contribution is -0.384. The van der Waals surface area contributed by atoms with Gasteiger partial charge in [0.15, 0.2) is 5.76 Å². The zero-order chi connectivity index (χ0) is 25.4. The Morgan fingerprint density at radius 2 is 1.81 bits per heavy atom. The third-order valence-electron chi connectivity index (χ3n) is 6.90. The summed E-state index contributed by atoms with van der Waals surface area (Å²) in [6, 6.07) is 19.7. The normalized spacial score (nSPS) is 18.4. The van der Waals surface area contributed by atoms with E-state index in [4.69, 9.17) is 13.9 Å². The number of amides is 1. The highest BCUT2D eigenvalue weighted by atomic mass is 16.6. The molecule has 1 fully saturated rings. The van der Waals surface area contributed by atoms with Crippen molar-refractivity contribution in [2.75, 3.05) is 37.6 Å². The maximum atomic E-state index is 13.4. The Labute approximate surface area is 212 Å². The number of anilines is 1. The van der Waals surface area contributed by atoms with E-state index < -0.39 is 4.92 Å². The van der Waals surface area contributed by atoms with Crippen LogP contribution in [0.4, 0.5) is 11.4 Å². The molecule has 1 amide bonds. The van der Waals surface area contributed by atoms with E-state index in [1.165, 1.54) is 17.1 Å². The fourth-order valence-electron chi connectivity index (χ4n) is 4.93. The third-order valence-corrected chi connectivity index (χ3v) is 6.90. The molecule has 2 aromatic carbocycles. The molecular weight excluding hydrogens is 474 g/mol. The number of para-hydroxylation sites is 1.